The number of hydrogen-bond donors (Lipinski definition) is 2. The lowest BCUT2D eigenvalue weighted by atomic mass is 9.74. The van der Waals surface area contributed by atoms with Crippen LogP contribution in [0.25, 0.3) is 0 Å². The van der Waals surface area contributed by atoms with Crippen molar-refractivity contribution in [2.75, 3.05) is 119 Å². The molecule has 726 valence electrons. The van der Waals surface area contributed by atoms with Gasteiger partial charge in [0.05, 0.1) is 38.3 Å². The zero-order chi connectivity index (χ0) is 89.1. The van der Waals surface area contributed by atoms with Gasteiger partial charge < -0.3 is 48.8 Å². The summed E-state index contributed by atoms with van der Waals surface area (Å²) >= 11 is 0. The highest BCUT2D eigenvalue weighted by Crippen LogP contribution is 2.37. The number of unbranched alkanes of at least 4 members (excludes halogenated alkanes) is 47. The molecule has 0 spiro atoms. The van der Waals surface area contributed by atoms with Crippen LogP contribution < -0.4 is 0 Å². The second-order valence-electron chi connectivity index (χ2n) is 38.7. The minimum absolute atomic E-state index is 0.00498. The van der Waals surface area contributed by atoms with Crippen molar-refractivity contribution >= 4 is 23.9 Å². The molecule has 0 aromatic carbocycles. The molecule has 0 heterocycles. The van der Waals surface area contributed by atoms with Crippen LogP contribution in [0.5, 0.6) is 0 Å². The maximum atomic E-state index is 14.3. The van der Waals surface area contributed by atoms with E-state index in [1.54, 1.807) is 0 Å². The molecule has 6 unspecified atom stereocenters. The summed E-state index contributed by atoms with van der Waals surface area (Å²) in [5, 5.41) is 18.5. The summed E-state index contributed by atoms with van der Waals surface area (Å²) in [7, 11) is 4.55. The molecule has 0 radical (unpaired) electrons. The number of rotatable bonds is 101. The molecule has 0 aliphatic rings. The van der Waals surface area contributed by atoms with E-state index in [2.05, 4.69) is 89.1 Å². The summed E-state index contributed by atoms with van der Waals surface area (Å²) in [6.45, 7) is 32.3. The maximum absolute atomic E-state index is 14.3. The fraction of sp³-hybridized carbons (Fsp3) is 0.963. The van der Waals surface area contributed by atoms with Crippen LogP contribution in [0.4, 0.5) is 0 Å². The van der Waals surface area contributed by atoms with Gasteiger partial charge in [0.15, 0.2) is 0 Å². The lowest BCUT2D eigenvalue weighted by Crippen LogP contribution is -2.35. The van der Waals surface area contributed by atoms with Gasteiger partial charge in [-0.1, -0.05) is 376 Å². The van der Waals surface area contributed by atoms with Crippen molar-refractivity contribution in [1.29, 1.82) is 0 Å². The highest BCUT2D eigenvalue weighted by molar-refractivity contribution is 5.73. The van der Waals surface area contributed by atoms with Crippen molar-refractivity contribution < 1.29 is 48.3 Å². The Labute approximate surface area is 760 Å². The molecule has 0 bridgehead atoms. The Morgan fingerprint density at radius 3 is 0.918 bits per heavy atom. The zero-order valence-corrected chi connectivity index (χ0v) is 83.6. The first kappa shape index (κ1) is 120. The van der Waals surface area contributed by atoms with Gasteiger partial charge in [-0.25, -0.2) is 0 Å². The van der Waals surface area contributed by atoms with E-state index in [1.807, 2.05) is 0 Å². The predicted molar refractivity (Wildman–Crippen MR) is 525 cm³/mol. The van der Waals surface area contributed by atoms with Crippen molar-refractivity contribution in [3.8, 4) is 0 Å². The molecular weight excluding hydrogens is 1510 g/mol. The van der Waals surface area contributed by atoms with E-state index in [9.17, 15) is 29.4 Å². The van der Waals surface area contributed by atoms with E-state index in [0.29, 0.717) is 76.2 Å². The lowest BCUT2D eigenvalue weighted by Gasteiger charge is -2.32. The number of hydrogen-bond acceptors (Lipinski definition) is 14. The smallest absolute Gasteiger partial charge is 0.308 e. The average Bonchev–Trinajstić information content (AvgIpc) is 0.870. The van der Waals surface area contributed by atoms with Gasteiger partial charge in [0.2, 0.25) is 0 Å². The third-order valence-corrected chi connectivity index (χ3v) is 27.0. The van der Waals surface area contributed by atoms with Crippen LogP contribution in [-0.2, 0) is 38.1 Å². The molecule has 0 aliphatic carbocycles. The SMILES string of the molecule is CCCCCCCCC(CCCCCC)COC(=O)CCCCCCCN(CCCCCCCC(=O)OCC(CCCCCCCC)CC(CCCC)C(CC)CC(CCCCCC)C(=O)OCCCCCCCCCN(CCCCCCCCCOC(=O)C(CCCC)CCCCCC)CCN(C)CCCCCCO)CCN(C)CCCCCCO. The molecule has 0 aromatic heterocycles. The summed E-state index contributed by atoms with van der Waals surface area (Å²) in [6, 6.07) is 0. The van der Waals surface area contributed by atoms with Gasteiger partial charge in [-0.05, 0) is 205 Å². The Morgan fingerprint density at radius 1 is 0.246 bits per heavy atom. The molecule has 0 saturated carbocycles. The van der Waals surface area contributed by atoms with Gasteiger partial charge in [0.1, 0.15) is 0 Å². The largest absolute Gasteiger partial charge is 0.465 e. The van der Waals surface area contributed by atoms with Crippen LogP contribution in [0.15, 0.2) is 0 Å². The standard InChI is InChI=1S/C108H214N4O10/c1-11-19-26-31-41-56-73-99(72-55-28-21-13-3)97-121-105(115)79-60-43-39-47-66-85-112(90-88-110(10)82-63-50-52-69-92-114)86-67-48-40-44-61-80-106(116)122-98-100(74-57-42-32-27-20-12-2)95-103(76-25-17-7)101(18-8)96-104(78-59-30-23-15-5)108(118)120-94-71-54-38-34-36-46-65-84-111(89-87-109(9)81-62-49-51-68-91-113)83-64-45-35-33-37-53-70-93-119-107(117)102(75-24-16-6)77-58-29-22-14-4/h99-104,113-114H,11-98H2,1-10H3. The van der Waals surface area contributed by atoms with Gasteiger partial charge >= 0.3 is 23.9 Å². The number of esters is 4. The molecule has 0 fully saturated rings. The molecule has 14 heteroatoms. The summed E-state index contributed by atoms with van der Waals surface area (Å²) in [5.41, 5.74) is 0. The summed E-state index contributed by atoms with van der Waals surface area (Å²) in [5.74, 6) is 1.89. The second-order valence-corrected chi connectivity index (χ2v) is 38.7. The Bertz CT molecular complexity index is 2160. The first-order chi connectivity index (χ1) is 59.8. The monoisotopic (exact) mass is 1730 g/mol. The van der Waals surface area contributed by atoms with Crippen LogP contribution in [0.1, 0.15) is 518 Å². The van der Waals surface area contributed by atoms with Crippen LogP contribution in [0.2, 0.25) is 0 Å². The van der Waals surface area contributed by atoms with E-state index in [4.69, 9.17) is 18.9 Å². The molecular formula is C108H214N4O10. The zero-order valence-electron chi connectivity index (χ0n) is 83.6. The minimum Gasteiger partial charge on any atom is -0.465 e. The average molecular weight is 1730 g/mol. The highest BCUT2D eigenvalue weighted by Gasteiger charge is 2.31. The van der Waals surface area contributed by atoms with Crippen molar-refractivity contribution in [3.63, 3.8) is 0 Å². The summed E-state index contributed by atoms with van der Waals surface area (Å²) in [4.78, 5) is 64.3. The van der Waals surface area contributed by atoms with Crippen LogP contribution in [0, 0.1) is 35.5 Å². The van der Waals surface area contributed by atoms with Crippen LogP contribution in [0.3, 0.4) is 0 Å². The van der Waals surface area contributed by atoms with Gasteiger partial charge in [-0.3, -0.25) is 19.2 Å². The third-order valence-electron chi connectivity index (χ3n) is 27.0. The molecule has 0 aliphatic heterocycles. The fourth-order valence-electron chi connectivity index (χ4n) is 18.4. The lowest BCUT2D eigenvalue weighted by molar-refractivity contribution is -0.150. The summed E-state index contributed by atoms with van der Waals surface area (Å²) in [6.07, 6.45) is 82.8. The second kappa shape index (κ2) is 94.7. The van der Waals surface area contributed by atoms with Crippen molar-refractivity contribution in [2.24, 2.45) is 35.5 Å². The molecule has 0 aromatic rings. The number of aliphatic hydroxyl groups excluding tert-OH is 2. The molecule has 14 nitrogen and oxygen atoms in total. The normalized spacial score (nSPS) is 13.4. The number of carbonyl (C=O) groups is 4. The van der Waals surface area contributed by atoms with E-state index >= 15 is 0 Å². The first-order valence-corrected chi connectivity index (χ1v) is 54.5. The van der Waals surface area contributed by atoms with E-state index in [-0.39, 0.29) is 35.7 Å². The van der Waals surface area contributed by atoms with Gasteiger partial charge in [0, 0.05) is 52.2 Å². The fourth-order valence-corrected chi connectivity index (χ4v) is 18.4. The van der Waals surface area contributed by atoms with E-state index in [0.717, 1.165) is 213 Å². The van der Waals surface area contributed by atoms with E-state index in [1.165, 1.54) is 302 Å². The number of likely N-dealkylation sites (N-methyl/N-ethyl adjacent to an activating group) is 2. The Hall–Kier alpha value is -2.36. The first-order valence-electron chi connectivity index (χ1n) is 54.5. The number of carbonyl (C=O) groups excluding carboxylic acids is 4. The third kappa shape index (κ3) is 79.8. The Morgan fingerprint density at radius 2 is 0.533 bits per heavy atom. The molecule has 0 rings (SSSR count). The maximum Gasteiger partial charge on any atom is 0.308 e. The quantitative estimate of drug-likeness (QED) is 0.0337. The number of nitrogens with zero attached hydrogens (tertiary/aromatic N) is 4. The predicted octanol–water partition coefficient (Wildman–Crippen LogP) is 29.6. The molecule has 0 saturated heterocycles. The van der Waals surface area contributed by atoms with Gasteiger partial charge in [0.25, 0.3) is 0 Å². The van der Waals surface area contributed by atoms with E-state index < -0.39 is 0 Å². The number of aliphatic hydroxyl groups is 2. The summed E-state index contributed by atoms with van der Waals surface area (Å²) < 4.78 is 24.3. The molecule has 0 amide bonds. The topological polar surface area (TPSA) is 159 Å². The van der Waals surface area contributed by atoms with Crippen LogP contribution in [-0.4, -0.2) is 173 Å². The van der Waals surface area contributed by atoms with Crippen LogP contribution >= 0.6 is 0 Å². The molecule has 6 atom stereocenters. The highest BCUT2D eigenvalue weighted by atomic mass is 16.5. The molecule has 2 N–H and O–H groups in total. The van der Waals surface area contributed by atoms with Crippen molar-refractivity contribution in [2.45, 2.75) is 518 Å². The molecule has 122 heavy (non-hydrogen) atoms. The Balaban J connectivity index is 5.51. The van der Waals surface area contributed by atoms with Gasteiger partial charge in [-0.2, -0.15) is 0 Å². The minimum atomic E-state index is -0.0593. The number of ether oxygens (including phenoxy) is 4. The Kier molecular flexibility index (Phi) is 92.9. The van der Waals surface area contributed by atoms with Crippen molar-refractivity contribution in [1.82, 2.24) is 19.6 Å². The van der Waals surface area contributed by atoms with Crippen molar-refractivity contribution in [3.05, 3.63) is 0 Å². The van der Waals surface area contributed by atoms with Gasteiger partial charge in [-0.15, -0.1) is 0 Å².